The third kappa shape index (κ3) is 6.50. The Balaban J connectivity index is 0.000000980. The molecule has 1 amide bonds. The lowest BCUT2D eigenvalue weighted by atomic mass is 9.83. The quantitative estimate of drug-likeness (QED) is 0.797. The lowest BCUT2D eigenvalue weighted by Crippen LogP contribution is -2.39. The van der Waals surface area contributed by atoms with E-state index in [2.05, 4.69) is 0 Å². The topological polar surface area (TPSA) is 66.8 Å². The minimum Gasteiger partial charge on any atom is -0.481 e. The molecule has 22 heavy (non-hydrogen) atoms. The number of nitrogens with zero attached hydrogens (tertiary/aromatic N) is 1. The summed E-state index contributed by atoms with van der Waals surface area (Å²) in [6.45, 7) is 12.1. The summed E-state index contributed by atoms with van der Waals surface area (Å²) in [5, 5.41) is 9.35. The normalized spacial score (nSPS) is 21.5. The van der Waals surface area contributed by atoms with E-state index in [4.69, 9.17) is 4.74 Å². The first-order valence-corrected chi connectivity index (χ1v) is 7.90. The number of carboxylic acid groups (broad SMARTS) is 1. The van der Waals surface area contributed by atoms with Gasteiger partial charge in [-0.1, -0.05) is 25.5 Å². The predicted octanol–water partition coefficient (Wildman–Crippen LogP) is 4.08. The largest absolute Gasteiger partial charge is 0.481 e. The number of hydrogen-bond donors (Lipinski definition) is 1. The van der Waals surface area contributed by atoms with Crippen LogP contribution in [0.2, 0.25) is 0 Å². The first kappa shape index (κ1) is 20.5. The van der Waals surface area contributed by atoms with Gasteiger partial charge in [0.2, 0.25) is 0 Å². The summed E-state index contributed by atoms with van der Waals surface area (Å²) < 4.78 is 5.27. The molecular weight excluding hydrogens is 282 g/mol. The van der Waals surface area contributed by atoms with Crippen molar-refractivity contribution in [2.75, 3.05) is 13.1 Å². The van der Waals surface area contributed by atoms with Crippen molar-refractivity contribution in [2.45, 2.75) is 66.4 Å². The lowest BCUT2D eigenvalue weighted by Gasteiger charge is -2.26. The van der Waals surface area contributed by atoms with Crippen molar-refractivity contribution in [3.63, 3.8) is 0 Å². The van der Waals surface area contributed by atoms with Gasteiger partial charge in [0, 0.05) is 13.1 Å². The Labute approximate surface area is 134 Å². The van der Waals surface area contributed by atoms with Crippen molar-refractivity contribution in [2.24, 2.45) is 5.41 Å². The van der Waals surface area contributed by atoms with Crippen molar-refractivity contribution in [3.05, 3.63) is 12.2 Å². The number of ether oxygens (including phenoxy) is 1. The second-order valence-corrected chi connectivity index (χ2v) is 6.65. The summed E-state index contributed by atoms with van der Waals surface area (Å²) in [6, 6.07) is 0. The standard InChI is InChI=1S/C13H23NO4.C4H8/c1-5-6-13(10(15)16)7-8-14(9-13)11(17)18-12(2,3)4;1-3-4-2/h5-9H2,1-4H3,(H,15,16);3-4H,1-2H3/b;4-3-/t13-;/m0./s1. The van der Waals surface area contributed by atoms with Gasteiger partial charge in [0.15, 0.2) is 0 Å². The van der Waals surface area contributed by atoms with Crippen LogP contribution in [0, 0.1) is 5.41 Å². The van der Waals surface area contributed by atoms with Crippen LogP contribution in [0.3, 0.4) is 0 Å². The van der Waals surface area contributed by atoms with Gasteiger partial charge in [-0.15, -0.1) is 0 Å². The van der Waals surface area contributed by atoms with Crippen LogP contribution in [0.15, 0.2) is 12.2 Å². The molecule has 128 valence electrons. The lowest BCUT2D eigenvalue weighted by molar-refractivity contribution is -0.148. The van der Waals surface area contributed by atoms with Crippen molar-refractivity contribution < 1.29 is 19.4 Å². The molecule has 1 rings (SSSR count). The van der Waals surface area contributed by atoms with E-state index in [-0.39, 0.29) is 6.54 Å². The minimum atomic E-state index is -0.810. The fraction of sp³-hybridized carbons (Fsp3) is 0.765. The Morgan fingerprint density at radius 2 is 1.82 bits per heavy atom. The fourth-order valence-electron chi connectivity index (χ4n) is 2.32. The van der Waals surface area contributed by atoms with E-state index in [1.807, 2.05) is 32.9 Å². The highest BCUT2D eigenvalue weighted by molar-refractivity contribution is 5.78. The number of hydrogen-bond acceptors (Lipinski definition) is 3. The summed E-state index contributed by atoms with van der Waals surface area (Å²) in [4.78, 5) is 24.8. The summed E-state index contributed by atoms with van der Waals surface area (Å²) in [5.41, 5.74) is -1.33. The van der Waals surface area contributed by atoms with Gasteiger partial charge >= 0.3 is 12.1 Å². The maximum atomic E-state index is 11.9. The third-order valence-electron chi connectivity index (χ3n) is 3.52. The maximum Gasteiger partial charge on any atom is 0.410 e. The molecule has 1 fully saturated rings. The number of allylic oxidation sites excluding steroid dienone is 2. The molecule has 5 heteroatoms. The first-order chi connectivity index (χ1) is 10.1. The van der Waals surface area contributed by atoms with E-state index in [0.717, 1.165) is 6.42 Å². The van der Waals surface area contributed by atoms with Gasteiger partial charge in [-0.3, -0.25) is 4.79 Å². The van der Waals surface area contributed by atoms with Gasteiger partial charge in [0.1, 0.15) is 5.60 Å². The molecule has 1 aliphatic rings. The molecule has 0 spiro atoms. The molecule has 1 aliphatic heterocycles. The summed E-state index contributed by atoms with van der Waals surface area (Å²) in [7, 11) is 0. The van der Waals surface area contributed by atoms with E-state index in [1.54, 1.807) is 20.8 Å². The van der Waals surface area contributed by atoms with Crippen LogP contribution >= 0.6 is 0 Å². The molecular formula is C17H31NO4. The van der Waals surface area contributed by atoms with E-state index in [0.29, 0.717) is 19.4 Å². The van der Waals surface area contributed by atoms with Gasteiger partial charge in [-0.25, -0.2) is 4.79 Å². The highest BCUT2D eigenvalue weighted by Gasteiger charge is 2.46. The molecule has 0 aromatic heterocycles. The number of rotatable bonds is 3. The van der Waals surface area contributed by atoms with Gasteiger partial charge < -0.3 is 14.7 Å². The maximum absolute atomic E-state index is 11.9. The molecule has 5 nitrogen and oxygen atoms in total. The van der Waals surface area contributed by atoms with Crippen molar-refractivity contribution in [1.82, 2.24) is 4.90 Å². The highest BCUT2D eigenvalue weighted by atomic mass is 16.6. The summed E-state index contributed by atoms with van der Waals surface area (Å²) >= 11 is 0. The fourth-order valence-corrected chi connectivity index (χ4v) is 2.32. The zero-order valence-electron chi connectivity index (χ0n) is 14.8. The Kier molecular flexibility index (Phi) is 8.20. The van der Waals surface area contributed by atoms with Crippen LogP contribution < -0.4 is 0 Å². The zero-order chi connectivity index (χ0) is 17.4. The Hall–Kier alpha value is -1.52. The van der Waals surface area contributed by atoms with Crippen molar-refractivity contribution in [3.8, 4) is 0 Å². The van der Waals surface area contributed by atoms with Crippen LogP contribution in [0.5, 0.6) is 0 Å². The Bertz CT molecular complexity index is 394. The second-order valence-electron chi connectivity index (χ2n) is 6.65. The molecule has 0 radical (unpaired) electrons. The smallest absolute Gasteiger partial charge is 0.410 e. The number of carbonyl (C=O) groups excluding carboxylic acids is 1. The number of carbonyl (C=O) groups is 2. The monoisotopic (exact) mass is 313 g/mol. The average molecular weight is 313 g/mol. The number of likely N-dealkylation sites (tertiary alicyclic amines) is 1. The van der Waals surface area contributed by atoms with Crippen molar-refractivity contribution >= 4 is 12.1 Å². The first-order valence-electron chi connectivity index (χ1n) is 7.90. The highest BCUT2D eigenvalue weighted by Crippen LogP contribution is 2.36. The molecule has 0 aliphatic carbocycles. The van der Waals surface area contributed by atoms with Crippen molar-refractivity contribution in [1.29, 1.82) is 0 Å². The molecule has 1 saturated heterocycles. The van der Waals surface area contributed by atoms with Crippen LogP contribution in [-0.2, 0) is 9.53 Å². The van der Waals surface area contributed by atoms with Crippen LogP contribution in [0.25, 0.3) is 0 Å². The minimum absolute atomic E-state index is 0.255. The van der Waals surface area contributed by atoms with Gasteiger partial charge in [0.05, 0.1) is 5.41 Å². The molecule has 1 atom stereocenters. The van der Waals surface area contributed by atoms with Crippen LogP contribution in [0.1, 0.15) is 60.8 Å². The van der Waals surface area contributed by atoms with E-state index in [1.165, 1.54) is 4.90 Å². The average Bonchev–Trinajstić information content (AvgIpc) is 2.83. The third-order valence-corrected chi connectivity index (χ3v) is 3.52. The second kappa shape index (κ2) is 8.81. The zero-order valence-corrected chi connectivity index (χ0v) is 14.8. The molecule has 1 N–H and O–H groups in total. The van der Waals surface area contributed by atoms with Crippen LogP contribution in [-0.4, -0.2) is 40.8 Å². The van der Waals surface area contributed by atoms with Gasteiger partial charge in [-0.05, 0) is 47.5 Å². The molecule has 0 aromatic rings. The van der Waals surface area contributed by atoms with Gasteiger partial charge in [0.25, 0.3) is 0 Å². The molecule has 0 aromatic carbocycles. The van der Waals surface area contributed by atoms with E-state index in [9.17, 15) is 14.7 Å². The number of amides is 1. The molecule has 0 unspecified atom stereocenters. The summed E-state index contributed by atoms with van der Waals surface area (Å²) in [5.74, 6) is -0.810. The van der Waals surface area contributed by atoms with Crippen LogP contribution in [0.4, 0.5) is 4.79 Å². The van der Waals surface area contributed by atoms with E-state index >= 15 is 0 Å². The molecule has 0 saturated carbocycles. The number of aliphatic carboxylic acids is 1. The predicted molar refractivity (Wildman–Crippen MR) is 87.9 cm³/mol. The molecule has 1 heterocycles. The van der Waals surface area contributed by atoms with Gasteiger partial charge in [-0.2, -0.15) is 0 Å². The SMILES string of the molecule is C/C=C\C.CCC[C@]1(C(=O)O)CCN(C(=O)OC(C)(C)C)C1. The Morgan fingerprint density at radius 1 is 1.27 bits per heavy atom. The summed E-state index contributed by atoms with van der Waals surface area (Å²) in [6.07, 6.45) is 5.49. The Morgan fingerprint density at radius 3 is 2.18 bits per heavy atom. The molecule has 0 bridgehead atoms. The number of carboxylic acids is 1. The van der Waals surface area contributed by atoms with E-state index < -0.39 is 23.1 Å².